The zero-order chi connectivity index (χ0) is 29.6. The Morgan fingerprint density at radius 3 is 2.25 bits per heavy atom. The first-order valence-electron chi connectivity index (χ1n) is 13.6. The Bertz CT molecular complexity index is 1360. The van der Waals surface area contributed by atoms with Gasteiger partial charge in [-0.15, -0.1) is 0 Å². The summed E-state index contributed by atoms with van der Waals surface area (Å²) in [5, 5.41) is 17.7. The highest BCUT2D eigenvalue weighted by atomic mass is 16.6. The van der Waals surface area contributed by atoms with Crippen LogP contribution in [0, 0.1) is 13.8 Å². The second-order valence-electron chi connectivity index (χ2n) is 11.2. The average Bonchev–Trinajstić information content (AvgIpc) is 2.89. The zero-order valence-corrected chi connectivity index (χ0v) is 24.4. The van der Waals surface area contributed by atoms with Crippen LogP contribution in [0.5, 0.6) is 0 Å². The van der Waals surface area contributed by atoms with Gasteiger partial charge in [0, 0.05) is 11.7 Å². The Kier molecular flexibility index (Phi) is 9.93. The molecule has 3 rings (SSSR count). The summed E-state index contributed by atoms with van der Waals surface area (Å²) in [6.07, 6.45) is -0.284. The molecule has 3 atom stereocenters. The van der Waals surface area contributed by atoms with Gasteiger partial charge in [-0.05, 0) is 82.0 Å². The smallest absolute Gasteiger partial charge is 0.408 e. The minimum absolute atomic E-state index is 0.393. The predicted octanol–water partition coefficient (Wildman–Crippen LogP) is 5.65. The third-order valence-corrected chi connectivity index (χ3v) is 6.76. The molecule has 0 aliphatic heterocycles. The van der Waals surface area contributed by atoms with Crippen molar-refractivity contribution in [1.82, 2.24) is 10.2 Å². The molecule has 40 heavy (non-hydrogen) atoms. The summed E-state index contributed by atoms with van der Waals surface area (Å²) in [5.41, 5.74) is 2.34. The number of hydrogen-bond acceptors (Lipinski definition) is 5. The molecule has 3 amide bonds. The molecular formula is C32H41N3O5. The molecule has 0 saturated carbocycles. The van der Waals surface area contributed by atoms with Gasteiger partial charge in [0.15, 0.2) is 0 Å². The maximum Gasteiger partial charge on any atom is 0.408 e. The van der Waals surface area contributed by atoms with Crippen molar-refractivity contribution in [2.75, 3.05) is 11.9 Å². The first-order chi connectivity index (χ1) is 18.8. The Morgan fingerprint density at radius 1 is 0.975 bits per heavy atom. The Labute approximate surface area is 236 Å². The average molecular weight is 548 g/mol. The highest BCUT2D eigenvalue weighted by Gasteiger charge is 2.39. The molecule has 0 fully saturated rings. The second kappa shape index (κ2) is 13.0. The summed E-state index contributed by atoms with van der Waals surface area (Å²) in [7, 11) is 0. The quantitative estimate of drug-likeness (QED) is 0.321. The molecular weight excluding hydrogens is 506 g/mol. The van der Waals surface area contributed by atoms with Crippen LogP contribution in [0.1, 0.15) is 63.8 Å². The summed E-state index contributed by atoms with van der Waals surface area (Å²) >= 11 is 0. The van der Waals surface area contributed by atoms with E-state index in [2.05, 4.69) is 10.6 Å². The number of ether oxygens (including phenoxy) is 1. The standard InChI is InChI=1S/C32H41N3O5/c1-8-22(4)35(30(38)27(19-36)34-31(39)40-32(5,6)7)28(26-16-13-20(2)17-21(26)3)29(37)33-25-15-14-23-11-9-10-12-24(23)18-25/h9-18,22,27-28,36H,8,19H2,1-7H3,(H,33,37)(H,34,39). The van der Waals surface area contributed by atoms with E-state index in [4.69, 9.17) is 4.74 Å². The lowest BCUT2D eigenvalue weighted by Gasteiger charge is -2.38. The van der Waals surface area contributed by atoms with Crippen LogP contribution < -0.4 is 10.6 Å². The number of fused-ring (bicyclic) bond motifs is 1. The lowest BCUT2D eigenvalue weighted by atomic mass is 9.95. The number of aliphatic hydroxyl groups excluding tert-OH is 1. The number of aryl methyl sites for hydroxylation is 2. The van der Waals surface area contributed by atoms with Crippen molar-refractivity contribution in [2.45, 2.75) is 78.6 Å². The van der Waals surface area contributed by atoms with Gasteiger partial charge in [0.2, 0.25) is 5.91 Å². The van der Waals surface area contributed by atoms with Crippen LogP contribution in [0.2, 0.25) is 0 Å². The number of nitrogens with one attached hydrogen (secondary N) is 2. The lowest BCUT2D eigenvalue weighted by molar-refractivity contribution is -0.144. The van der Waals surface area contributed by atoms with Crippen molar-refractivity contribution in [3.63, 3.8) is 0 Å². The van der Waals surface area contributed by atoms with E-state index in [1.54, 1.807) is 20.8 Å². The van der Waals surface area contributed by atoms with Gasteiger partial charge in [-0.25, -0.2) is 4.79 Å². The molecule has 8 nitrogen and oxygen atoms in total. The molecule has 8 heteroatoms. The van der Waals surface area contributed by atoms with E-state index in [0.717, 1.165) is 21.9 Å². The fourth-order valence-corrected chi connectivity index (χ4v) is 4.64. The monoisotopic (exact) mass is 547 g/mol. The summed E-state index contributed by atoms with van der Waals surface area (Å²) < 4.78 is 5.31. The first-order valence-corrected chi connectivity index (χ1v) is 13.6. The second-order valence-corrected chi connectivity index (χ2v) is 11.2. The number of rotatable bonds is 9. The predicted molar refractivity (Wildman–Crippen MR) is 158 cm³/mol. The van der Waals surface area contributed by atoms with E-state index < -0.39 is 48.2 Å². The number of amides is 3. The number of carbonyl (C=O) groups excluding carboxylic acids is 3. The van der Waals surface area contributed by atoms with Crippen LogP contribution in [-0.4, -0.2) is 52.2 Å². The lowest BCUT2D eigenvalue weighted by Crippen LogP contribution is -2.56. The molecule has 0 aromatic heterocycles. The minimum Gasteiger partial charge on any atom is -0.444 e. The molecule has 3 aromatic carbocycles. The van der Waals surface area contributed by atoms with Gasteiger partial charge in [0.05, 0.1) is 6.61 Å². The molecule has 0 aliphatic carbocycles. The summed E-state index contributed by atoms with van der Waals surface area (Å²) in [5.74, 6) is -0.980. The van der Waals surface area contributed by atoms with Crippen molar-refractivity contribution < 1.29 is 24.2 Å². The van der Waals surface area contributed by atoms with Gasteiger partial charge >= 0.3 is 6.09 Å². The molecule has 214 valence electrons. The van der Waals surface area contributed by atoms with Crippen molar-refractivity contribution >= 4 is 34.4 Å². The van der Waals surface area contributed by atoms with Crippen LogP contribution in [0.25, 0.3) is 10.8 Å². The van der Waals surface area contributed by atoms with E-state index >= 15 is 0 Å². The summed E-state index contributed by atoms with van der Waals surface area (Å²) in [6, 6.07) is 16.5. The molecule has 0 radical (unpaired) electrons. The fourth-order valence-electron chi connectivity index (χ4n) is 4.64. The van der Waals surface area contributed by atoms with Crippen LogP contribution in [0.15, 0.2) is 60.7 Å². The Hall–Kier alpha value is -3.91. The fraction of sp³-hybridized carbons (Fsp3) is 0.406. The summed E-state index contributed by atoms with van der Waals surface area (Å²) in [6.45, 7) is 12.1. The van der Waals surface area contributed by atoms with E-state index in [9.17, 15) is 19.5 Å². The highest BCUT2D eigenvalue weighted by molar-refractivity contribution is 6.00. The Morgan fingerprint density at radius 2 is 1.65 bits per heavy atom. The number of benzene rings is 3. The number of carbonyl (C=O) groups is 3. The number of anilines is 1. The van der Waals surface area contributed by atoms with Gasteiger partial charge in [-0.2, -0.15) is 0 Å². The molecule has 0 spiro atoms. The minimum atomic E-state index is -1.30. The van der Waals surface area contributed by atoms with Crippen molar-refractivity contribution in [1.29, 1.82) is 0 Å². The van der Waals surface area contributed by atoms with E-state index in [1.807, 2.05) is 88.4 Å². The van der Waals surface area contributed by atoms with E-state index in [1.165, 1.54) is 4.90 Å². The van der Waals surface area contributed by atoms with Gasteiger partial charge < -0.3 is 25.4 Å². The van der Waals surface area contributed by atoms with Crippen molar-refractivity contribution in [3.05, 3.63) is 77.4 Å². The normalized spacial score (nSPS) is 13.7. The Balaban J connectivity index is 2.05. The third kappa shape index (κ3) is 7.60. The topological polar surface area (TPSA) is 108 Å². The van der Waals surface area contributed by atoms with Gasteiger partial charge in [-0.1, -0.05) is 61.0 Å². The number of hydrogen-bond donors (Lipinski definition) is 3. The molecule has 0 saturated heterocycles. The molecule has 3 aromatic rings. The number of alkyl carbamates (subject to hydrolysis) is 1. The van der Waals surface area contributed by atoms with E-state index in [0.29, 0.717) is 17.7 Å². The first kappa shape index (κ1) is 30.6. The van der Waals surface area contributed by atoms with Crippen LogP contribution in [-0.2, 0) is 14.3 Å². The SMILES string of the molecule is CCC(C)N(C(=O)C(CO)NC(=O)OC(C)(C)C)C(C(=O)Nc1ccc2ccccc2c1)c1ccc(C)cc1C. The van der Waals surface area contributed by atoms with Gasteiger partial charge in [-0.3, -0.25) is 9.59 Å². The van der Waals surface area contributed by atoms with Crippen molar-refractivity contribution in [2.24, 2.45) is 0 Å². The van der Waals surface area contributed by atoms with Crippen LogP contribution in [0.3, 0.4) is 0 Å². The van der Waals surface area contributed by atoms with E-state index in [-0.39, 0.29) is 0 Å². The zero-order valence-electron chi connectivity index (χ0n) is 24.4. The maximum absolute atomic E-state index is 14.1. The maximum atomic E-state index is 14.1. The number of nitrogens with zero attached hydrogens (tertiary/aromatic N) is 1. The molecule has 0 heterocycles. The molecule has 0 aliphatic rings. The molecule has 0 bridgehead atoms. The molecule has 3 N–H and O–H groups in total. The summed E-state index contributed by atoms with van der Waals surface area (Å²) in [4.78, 5) is 42.1. The van der Waals surface area contributed by atoms with Crippen molar-refractivity contribution in [3.8, 4) is 0 Å². The van der Waals surface area contributed by atoms with Gasteiger partial charge in [0.1, 0.15) is 17.7 Å². The largest absolute Gasteiger partial charge is 0.444 e. The number of aliphatic hydroxyl groups is 1. The third-order valence-electron chi connectivity index (χ3n) is 6.76. The van der Waals surface area contributed by atoms with Crippen LogP contribution in [0.4, 0.5) is 10.5 Å². The van der Waals surface area contributed by atoms with Crippen LogP contribution >= 0.6 is 0 Å². The molecule has 3 unspecified atom stereocenters. The highest BCUT2D eigenvalue weighted by Crippen LogP contribution is 2.31. The van der Waals surface area contributed by atoms with Gasteiger partial charge in [0.25, 0.3) is 5.91 Å².